The zero-order valence-electron chi connectivity index (χ0n) is 20.2. The molecule has 4 rings (SSSR count). The van der Waals surface area contributed by atoms with E-state index in [4.69, 9.17) is 4.74 Å². The van der Waals surface area contributed by atoms with Gasteiger partial charge in [0.2, 0.25) is 0 Å². The number of carbonyl (C=O) groups is 1. The van der Waals surface area contributed by atoms with Crippen LogP contribution in [0.1, 0.15) is 47.3 Å². The number of anilines is 1. The Morgan fingerprint density at radius 1 is 1.00 bits per heavy atom. The van der Waals surface area contributed by atoms with Crippen molar-refractivity contribution < 1.29 is 9.53 Å². The average Bonchev–Trinajstić information content (AvgIpc) is 2.90. The first-order valence-electron chi connectivity index (χ1n) is 12.2. The molecule has 1 heterocycles. The second-order valence-corrected chi connectivity index (χ2v) is 8.97. The molecule has 1 amide bonds. The van der Waals surface area contributed by atoms with Crippen LogP contribution in [0.3, 0.4) is 0 Å². The summed E-state index contributed by atoms with van der Waals surface area (Å²) >= 11 is 0. The minimum absolute atomic E-state index is 0.0242. The molecule has 5 heteroatoms. The molecule has 1 aliphatic rings. The van der Waals surface area contributed by atoms with Gasteiger partial charge in [-0.3, -0.25) is 4.79 Å². The fourth-order valence-corrected chi connectivity index (χ4v) is 4.52. The molecular weight excluding hydrogens is 422 g/mol. The third kappa shape index (κ3) is 6.39. The number of methoxy groups -OCH3 is 1. The molecule has 1 atom stereocenters. The summed E-state index contributed by atoms with van der Waals surface area (Å²) in [7, 11) is 1.71. The summed E-state index contributed by atoms with van der Waals surface area (Å²) in [5.41, 5.74) is 4.28. The molecule has 0 aliphatic carbocycles. The minimum Gasteiger partial charge on any atom is -0.497 e. The molecule has 178 valence electrons. The number of nitrogens with zero attached hydrogens (tertiary/aromatic N) is 1. The molecule has 5 nitrogen and oxygen atoms in total. The Hall–Kier alpha value is -3.31. The molecule has 34 heavy (non-hydrogen) atoms. The van der Waals surface area contributed by atoms with Crippen LogP contribution >= 0.6 is 0 Å². The van der Waals surface area contributed by atoms with Crippen LogP contribution in [0.4, 0.5) is 5.69 Å². The van der Waals surface area contributed by atoms with Gasteiger partial charge in [-0.15, -0.1) is 0 Å². The maximum Gasteiger partial charge on any atom is 0.251 e. The largest absolute Gasteiger partial charge is 0.497 e. The molecule has 3 aromatic carbocycles. The van der Waals surface area contributed by atoms with Crippen molar-refractivity contribution in [1.82, 2.24) is 10.6 Å². The molecule has 0 saturated carbocycles. The van der Waals surface area contributed by atoms with Crippen molar-refractivity contribution in [3.63, 3.8) is 0 Å². The first-order valence-corrected chi connectivity index (χ1v) is 12.2. The van der Waals surface area contributed by atoms with Crippen molar-refractivity contribution in [2.24, 2.45) is 0 Å². The molecule has 2 N–H and O–H groups in total. The molecule has 1 saturated heterocycles. The smallest absolute Gasteiger partial charge is 0.251 e. The van der Waals surface area contributed by atoms with Gasteiger partial charge in [-0.05, 0) is 80.3 Å². The molecule has 1 fully saturated rings. The van der Waals surface area contributed by atoms with Gasteiger partial charge in [0.1, 0.15) is 5.75 Å². The van der Waals surface area contributed by atoms with Crippen molar-refractivity contribution in [3.8, 4) is 5.75 Å². The highest BCUT2D eigenvalue weighted by atomic mass is 16.5. The summed E-state index contributed by atoms with van der Waals surface area (Å²) in [4.78, 5) is 15.1. The van der Waals surface area contributed by atoms with Crippen LogP contribution in [-0.4, -0.2) is 38.7 Å². The SMILES string of the molecule is COc1cccc(CCNC2CCN(c3ccc(C(=O)NC(C)c4ccccc4)cc3)CC2)c1. The van der Waals surface area contributed by atoms with Gasteiger partial charge in [0.15, 0.2) is 0 Å². The summed E-state index contributed by atoms with van der Waals surface area (Å²) in [6.45, 7) is 5.03. The standard InChI is InChI=1S/C29H35N3O2/c1-22(24-8-4-3-5-9-24)31-29(33)25-11-13-27(14-12-25)32-19-16-26(17-20-32)30-18-15-23-7-6-10-28(21-23)34-2/h3-14,21-22,26,30H,15-20H2,1-2H3,(H,31,33). The lowest BCUT2D eigenvalue weighted by molar-refractivity contribution is 0.0940. The van der Waals surface area contributed by atoms with Crippen LogP contribution in [0.15, 0.2) is 78.9 Å². The van der Waals surface area contributed by atoms with Crippen molar-refractivity contribution in [1.29, 1.82) is 0 Å². The van der Waals surface area contributed by atoms with E-state index in [9.17, 15) is 4.79 Å². The number of rotatable bonds is 9. The van der Waals surface area contributed by atoms with Crippen molar-refractivity contribution in [2.45, 2.75) is 38.3 Å². The van der Waals surface area contributed by atoms with E-state index in [1.165, 1.54) is 11.3 Å². The highest BCUT2D eigenvalue weighted by molar-refractivity contribution is 5.94. The maximum atomic E-state index is 12.7. The number of ether oxygens (including phenoxy) is 1. The molecule has 0 radical (unpaired) electrons. The summed E-state index contributed by atoms with van der Waals surface area (Å²) < 4.78 is 5.31. The van der Waals surface area contributed by atoms with Crippen molar-refractivity contribution in [3.05, 3.63) is 95.6 Å². The highest BCUT2D eigenvalue weighted by Gasteiger charge is 2.19. The number of piperidine rings is 1. The molecule has 0 bridgehead atoms. The van der Waals surface area contributed by atoms with Crippen LogP contribution in [0, 0.1) is 0 Å². The van der Waals surface area contributed by atoms with Crippen molar-refractivity contribution in [2.75, 3.05) is 31.6 Å². The van der Waals surface area contributed by atoms with E-state index < -0.39 is 0 Å². The quantitative estimate of drug-likeness (QED) is 0.475. The Morgan fingerprint density at radius 3 is 2.44 bits per heavy atom. The van der Waals surface area contributed by atoms with E-state index in [0.717, 1.165) is 50.2 Å². The highest BCUT2D eigenvalue weighted by Crippen LogP contribution is 2.21. The van der Waals surface area contributed by atoms with Gasteiger partial charge >= 0.3 is 0 Å². The van der Waals surface area contributed by atoms with Gasteiger partial charge in [0.25, 0.3) is 5.91 Å². The van der Waals surface area contributed by atoms with Gasteiger partial charge in [-0.1, -0.05) is 42.5 Å². The molecule has 0 aromatic heterocycles. The zero-order valence-corrected chi connectivity index (χ0v) is 20.2. The van der Waals surface area contributed by atoms with E-state index in [0.29, 0.717) is 11.6 Å². The third-order valence-electron chi connectivity index (χ3n) is 6.62. The number of nitrogens with one attached hydrogen (secondary N) is 2. The van der Waals surface area contributed by atoms with Crippen LogP contribution in [0.5, 0.6) is 5.75 Å². The Labute approximate surface area is 203 Å². The molecule has 0 spiro atoms. The van der Waals surface area contributed by atoms with Crippen LogP contribution in [0.25, 0.3) is 0 Å². The van der Waals surface area contributed by atoms with Crippen molar-refractivity contribution >= 4 is 11.6 Å². The summed E-state index contributed by atoms with van der Waals surface area (Å²) in [5, 5.41) is 6.80. The topological polar surface area (TPSA) is 53.6 Å². The van der Waals surface area contributed by atoms with E-state index >= 15 is 0 Å². The third-order valence-corrected chi connectivity index (χ3v) is 6.62. The number of hydrogen-bond acceptors (Lipinski definition) is 4. The number of carbonyl (C=O) groups excluding carboxylic acids is 1. The lowest BCUT2D eigenvalue weighted by Gasteiger charge is -2.34. The second kappa shape index (κ2) is 11.7. The number of amides is 1. The average molecular weight is 458 g/mol. The lowest BCUT2D eigenvalue weighted by Crippen LogP contribution is -2.43. The predicted octanol–water partition coefficient (Wildman–Crippen LogP) is 4.99. The maximum absolute atomic E-state index is 12.7. The number of hydrogen-bond donors (Lipinski definition) is 2. The molecular formula is C29H35N3O2. The van der Waals surface area contributed by atoms with E-state index in [2.05, 4.69) is 39.8 Å². The Bertz CT molecular complexity index is 1040. The molecule has 1 aliphatic heterocycles. The van der Waals surface area contributed by atoms with Gasteiger partial charge in [0.05, 0.1) is 13.2 Å². The minimum atomic E-state index is -0.0400. The van der Waals surface area contributed by atoms with Crippen LogP contribution < -0.4 is 20.3 Å². The first-order chi connectivity index (χ1) is 16.6. The fourth-order valence-electron chi connectivity index (χ4n) is 4.52. The molecule has 1 unspecified atom stereocenters. The van der Waals surface area contributed by atoms with E-state index in [1.807, 2.05) is 61.5 Å². The zero-order chi connectivity index (χ0) is 23.8. The lowest BCUT2D eigenvalue weighted by atomic mass is 10.0. The summed E-state index contributed by atoms with van der Waals surface area (Å²) in [6.07, 6.45) is 3.24. The molecule has 3 aromatic rings. The van der Waals surface area contributed by atoms with Crippen LogP contribution in [-0.2, 0) is 6.42 Å². The van der Waals surface area contributed by atoms with Crippen LogP contribution in [0.2, 0.25) is 0 Å². The fraction of sp³-hybridized carbons (Fsp3) is 0.345. The summed E-state index contributed by atoms with van der Waals surface area (Å²) in [6, 6.07) is 26.8. The van der Waals surface area contributed by atoms with E-state index in [1.54, 1.807) is 7.11 Å². The van der Waals surface area contributed by atoms with Gasteiger partial charge in [-0.25, -0.2) is 0 Å². The monoisotopic (exact) mass is 457 g/mol. The van der Waals surface area contributed by atoms with Gasteiger partial charge in [0, 0.05) is 30.4 Å². The Morgan fingerprint density at radius 2 is 1.74 bits per heavy atom. The number of benzene rings is 3. The Kier molecular flexibility index (Phi) is 8.21. The van der Waals surface area contributed by atoms with Gasteiger partial charge in [-0.2, -0.15) is 0 Å². The second-order valence-electron chi connectivity index (χ2n) is 8.97. The normalized spacial score (nSPS) is 15.1. The first kappa shape index (κ1) is 23.8. The predicted molar refractivity (Wildman–Crippen MR) is 139 cm³/mol. The van der Waals surface area contributed by atoms with E-state index in [-0.39, 0.29) is 11.9 Å². The summed E-state index contributed by atoms with van der Waals surface area (Å²) in [5.74, 6) is 0.877. The van der Waals surface area contributed by atoms with Gasteiger partial charge < -0.3 is 20.3 Å². The Balaban J connectivity index is 1.21.